The number of carbonyl (C=O) groups excluding carboxylic acids is 1. The molecular weight excluding hydrogens is 254 g/mol. The third kappa shape index (κ3) is 3.64. The van der Waals surface area contributed by atoms with Gasteiger partial charge in [0.2, 0.25) is 5.91 Å². The van der Waals surface area contributed by atoms with Crippen LogP contribution in [0.25, 0.3) is 5.69 Å². The molecule has 6 nitrogen and oxygen atoms in total. The van der Waals surface area contributed by atoms with E-state index in [9.17, 15) is 4.79 Å². The summed E-state index contributed by atoms with van der Waals surface area (Å²) in [6, 6.07) is 7.56. The number of anilines is 1. The lowest BCUT2D eigenvalue weighted by atomic mass is 10.0. The van der Waals surface area contributed by atoms with Crippen LogP contribution in [0, 0.1) is 5.92 Å². The first-order valence-corrected chi connectivity index (χ1v) is 6.66. The first-order chi connectivity index (χ1) is 9.70. The third-order valence-corrected chi connectivity index (χ3v) is 3.12. The molecule has 0 spiro atoms. The highest BCUT2D eigenvalue weighted by atomic mass is 16.1. The van der Waals surface area contributed by atoms with Gasteiger partial charge < -0.3 is 11.1 Å². The van der Waals surface area contributed by atoms with E-state index in [0.717, 1.165) is 24.2 Å². The van der Waals surface area contributed by atoms with E-state index < -0.39 is 0 Å². The van der Waals surface area contributed by atoms with Crippen molar-refractivity contribution in [2.75, 3.05) is 11.9 Å². The molecule has 1 unspecified atom stereocenters. The minimum Gasteiger partial charge on any atom is -0.330 e. The Hall–Kier alpha value is -2.21. The van der Waals surface area contributed by atoms with E-state index in [1.54, 1.807) is 17.2 Å². The summed E-state index contributed by atoms with van der Waals surface area (Å²) in [5.41, 5.74) is 7.13. The predicted molar refractivity (Wildman–Crippen MR) is 77.4 cm³/mol. The van der Waals surface area contributed by atoms with Crippen LogP contribution < -0.4 is 11.1 Å². The van der Waals surface area contributed by atoms with E-state index in [0.29, 0.717) is 6.54 Å². The van der Waals surface area contributed by atoms with Crippen molar-refractivity contribution in [2.24, 2.45) is 11.7 Å². The topological polar surface area (TPSA) is 85.8 Å². The number of nitrogens with two attached hydrogens (primary N) is 1. The quantitative estimate of drug-likeness (QED) is 0.836. The highest BCUT2D eigenvalue weighted by molar-refractivity contribution is 5.92. The van der Waals surface area contributed by atoms with E-state index in [2.05, 4.69) is 15.5 Å². The number of hydrogen-bond donors (Lipinski definition) is 2. The maximum absolute atomic E-state index is 12.0. The largest absolute Gasteiger partial charge is 0.330 e. The van der Waals surface area contributed by atoms with Gasteiger partial charge in [0.15, 0.2) is 0 Å². The number of nitrogens with zero attached hydrogens (tertiary/aromatic N) is 3. The van der Waals surface area contributed by atoms with Gasteiger partial charge in [-0.1, -0.05) is 13.0 Å². The van der Waals surface area contributed by atoms with Gasteiger partial charge in [0.1, 0.15) is 12.7 Å². The Kier molecular flexibility index (Phi) is 4.84. The molecule has 20 heavy (non-hydrogen) atoms. The average Bonchev–Trinajstić information content (AvgIpc) is 2.99. The van der Waals surface area contributed by atoms with Crippen molar-refractivity contribution in [1.82, 2.24) is 14.8 Å². The Balaban J connectivity index is 2.03. The number of aromatic nitrogens is 3. The van der Waals surface area contributed by atoms with Gasteiger partial charge >= 0.3 is 0 Å². The van der Waals surface area contributed by atoms with Gasteiger partial charge in [0.05, 0.1) is 5.69 Å². The lowest BCUT2D eigenvalue weighted by Gasteiger charge is -2.12. The van der Waals surface area contributed by atoms with Gasteiger partial charge in [-0.2, -0.15) is 0 Å². The van der Waals surface area contributed by atoms with Crippen LogP contribution in [0.4, 0.5) is 5.69 Å². The van der Waals surface area contributed by atoms with Gasteiger partial charge in [0.25, 0.3) is 0 Å². The maximum atomic E-state index is 12.0. The Morgan fingerprint density at radius 2 is 2.15 bits per heavy atom. The number of nitrogens with one attached hydrogen (secondary N) is 1. The van der Waals surface area contributed by atoms with Crippen LogP contribution in [0.1, 0.15) is 19.8 Å². The molecule has 1 atom stereocenters. The number of benzene rings is 1. The van der Waals surface area contributed by atoms with Crippen LogP contribution >= 0.6 is 0 Å². The molecule has 0 fully saturated rings. The first-order valence-electron chi connectivity index (χ1n) is 6.66. The fourth-order valence-electron chi connectivity index (χ4n) is 1.90. The second-order valence-corrected chi connectivity index (χ2v) is 4.74. The van der Waals surface area contributed by atoms with Crippen molar-refractivity contribution in [3.63, 3.8) is 0 Å². The molecule has 0 aliphatic carbocycles. The van der Waals surface area contributed by atoms with Crippen LogP contribution in [0.5, 0.6) is 0 Å². The lowest BCUT2D eigenvalue weighted by Crippen LogP contribution is -2.21. The molecule has 1 amide bonds. The second kappa shape index (κ2) is 6.81. The van der Waals surface area contributed by atoms with E-state index >= 15 is 0 Å². The van der Waals surface area contributed by atoms with Crippen LogP contribution in [0.15, 0.2) is 36.9 Å². The van der Waals surface area contributed by atoms with Crippen LogP contribution in [-0.4, -0.2) is 27.2 Å². The summed E-state index contributed by atoms with van der Waals surface area (Å²) in [5.74, 6) is -0.0310. The van der Waals surface area contributed by atoms with Crippen LogP contribution in [0.3, 0.4) is 0 Å². The zero-order chi connectivity index (χ0) is 14.4. The standard InChI is InChI=1S/C14H19N5O/c1-11(4-3-7-15)14(20)18-12-5-2-6-13(8-12)19-9-16-17-10-19/h2,5-6,8-11H,3-4,7,15H2,1H3,(H,18,20). The molecule has 1 heterocycles. The van der Waals surface area contributed by atoms with E-state index in [4.69, 9.17) is 5.73 Å². The molecule has 0 radical (unpaired) electrons. The van der Waals surface area contributed by atoms with E-state index in [1.807, 2.05) is 31.2 Å². The maximum Gasteiger partial charge on any atom is 0.227 e. The lowest BCUT2D eigenvalue weighted by molar-refractivity contribution is -0.119. The summed E-state index contributed by atoms with van der Waals surface area (Å²) in [6.07, 6.45) is 4.89. The molecule has 6 heteroatoms. The second-order valence-electron chi connectivity index (χ2n) is 4.74. The zero-order valence-electron chi connectivity index (χ0n) is 11.5. The summed E-state index contributed by atoms with van der Waals surface area (Å²) in [7, 11) is 0. The molecule has 0 aliphatic heterocycles. The fourth-order valence-corrected chi connectivity index (χ4v) is 1.90. The molecule has 106 valence electrons. The van der Waals surface area contributed by atoms with Crippen LogP contribution in [0.2, 0.25) is 0 Å². The molecule has 0 aliphatic rings. The van der Waals surface area contributed by atoms with Crippen molar-refractivity contribution in [2.45, 2.75) is 19.8 Å². The summed E-state index contributed by atoms with van der Waals surface area (Å²) in [4.78, 5) is 12.0. The smallest absolute Gasteiger partial charge is 0.227 e. The van der Waals surface area contributed by atoms with Crippen molar-refractivity contribution in [3.8, 4) is 5.69 Å². The van der Waals surface area contributed by atoms with Gasteiger partial charge in [0, 0.05) is 11.6 Å². The van der Waals surface area contributed by atoms with E-state index in [1.165, 1.54) is 0 Å². The molecule has 0 saturated carbocycles. The van der Waals surface area contributed by atoms with Gasteiger partial charge in [-0.3, -0.25) is 9.36 Å². The van der Waals surface area contributed by atoms with Crippen molar-refractivity contribution < 1.29 is 4.79 Å². The third-order valence-electron chi connectivity index (χ3n) is 3.12. The SMILES string of the molecule is CC(CCCN)C(=O)Nc1cccc(-n2cnnc2)c1. The summed E-state index contributed by atoms with van der Waals surface area (Å²) >= 11 is 0. The molecule has 0 saturated heterocycles. The molecule has 1 aromatic heterocycles. The van der Waals surface area contributed by atoms with Crippen molar-refractivity contribution in [3.05, 3.63) is 36.9 Å². The predicted octanol–water partition coefficient (Wildman–Crippen LogP) is 1.58. The first kappa shape index (κ1) is 14.2. The Morgan fingerprint density at radius 3 is 2.85 bits per heavy atom. The molecule has 1 aromatic carbocycles. The van der Waals surface area contributed by atoms with Crippen molar-refractivity contribution >= 4 is 11.6 Å². The molecule has 2 aromatic rings. The monoisotopic (exact) mass is 273 g/mol. The number of amides is 1. The molecule has 2 rings (SSSR count). The van der Waals surface area contributed by atoms with Gasteiger partial charge in [-0.25, -0.2) is 0 Å². The number of hydrogen-bond acceptors (Lipinski definition) is 4. The summed E-state index contributed by atoms with van der Waals surface area (Å²) < 4.78 is 1.79. The number of rotatable bonds is 6. The molecule has 3 N–H and O–H groups in total. The van der Waals surface area contributed by atoms with Crippen LogP contribution in [-0.2, 0) is 4.79 Å². The Labute approximate surface area is 118 Å². The molecular formula is C14H19N5O. The zero-order valence-corrected chi connectivity index (χ0v) is 11.5. The normalized spacial score (nSPS) is 12.1. The minimum atomic E-state index is -0.0443. The van der Waals surface area contributed by atoms with Gasteiger partial charge in [-0.05, 0) is 37.6 Å². The van der Waals surface area contributed by atoms with Gasteiger partial charge in [-0.15, -0.1) is 10.2 Å². The van der Waals surface area contributed by atoms with Crippen molar-refractivity contribution in [1.29, 1.82) is 0 Å². The highest BCUT2D eigenvalue weighted by Gasteiger charge is 2.12. The number of carbonyl (C=O) groups is 1. The molecule has 0 bridgehead atoms. The fraction of sp³-hybridized carbons (Fsp3) is 0.357. The highest BCUT2D eigenvalue weighted by Crippen LogP contribution is 2.16. The summed E-state index contributed by atoms with van der Waals surface area (Å²) in [6.45, 7) is 2.52. The summed E-state index contributed by atoms with van der Waals surface area (Å²) in [5, 5.41) is 10.4. The Bertz CT molecular complexity index is 552. The average molecular weight is 273 g/mol. The Morgan fingerprint density at radius 1 is 1.40 bits per heavy atom. The van der Waals surface area contributed by atoms with E-state index in [-0.39, 0.29) is 11.8 Å². The minimum absolute atomic E-state index is 0.0133.